The van der Waals surface area contributed by atoms with E-state index in [1.54, 1.807) is 6.07 Å². The summed E-state index contributed by atoms with van der Waals surface area (Å²) in [5.41, 5.74) is 1.52. The molecule has 6 heteroatoms. The van der Waals surface area contributed by atoms with E-state index in [1.807, 2.05) is 18.2 Å². The van der Waals surface area contributed by atoms with E-state index < -0.39 is 6.10 Å². The van der Waals surface area contributed by atoms with Crippen LogP contribution < -0.4 is 0 Å². The number of benzene rings is 1. The van der Waals surface area contributed by atoms with Crippen LogP contribution in [0.25, 0.3) is 0 Å². The molecule has 1 aromatic rings. The summed E-state index contributed by atoms with van der Waals surface area (Å²) in [4.78, 5) is 26.2. The molecule has 0 N–H and O–H groups in total. The van der Waals surface area contributed by atoms with Gasteiger partial charge in [-0.1, -0.05) is 18.2 Å². The van der Waals surface area contributed by atoms with Crippen molar-refractivity contribution in [3.05, 3.63) is 35.4 Å². The molecule has 0 unspecified atom stereocenters. The fraction of sp³-hybridized carbons (Fsp3) is 0.579. The number of carbonyl (C=O) groups is 2. The fourth-order valence-electron chi connectivity index (χ4n) is 3.96. The Balaban J connectivity index is 1.81. The maximum absolute atomic E-state index is 12.0. The van der Waals surface area contributed by atoms with Gasteiger partial charge in [0, 0.05) is 25.0 Å². The SMILES string of the molecule is COC(=O)c1ccccc1CN1[C@H](C)CC[C@@H]2O[C@H](C(=O)OC)C[C@H]21. The van der Waals surface area contributed by atoms with E-state index in [0.717, 1.165) is 18.4 Å². The lowest BCUT2D eigenvalue weighted by atomic mass is 9.91. The summed E-state index contributed by atoms with van der Waals surface area (Å²) < 4.78 is 15.7. The Morgan fingerprint density at radius 1 is 1.20 bits per heavy atom. The van der Waals surface area contributed by atoms with E-state index in [-0.39, 0.29) is 24.1 Å². The zero-order valence-electron chi connectivity index (χ0n) is 14.9. The minimum absolute atomic E-state index is 0.0330. The summed E-state index contributed by atoms with van der Waals surface area (Å²) in [5, 5.41) is 0. The first-order valence-corrected chi connectivity index (χ1v) is 8.70. The second-order valence-corrected chi connectivity index (χ2v) is 6.74. The molecule has 2 saturated heterocycles. The van der Waals surface area contributed by atoms with Gasteiger partial charge in [-0.25, -0.2) is 9.59 Å². The molecule has 6 nitrogen and oxygen atoms in total. The van der Waals surface area contributed by atoms with E-state index in [1.165, 1.54) is 14.2 Å². The smallest absolute Gasteiger partial charge is 0.338 e. The summed E-state index contributed by atoms with van der Waals surface area (Å²) in [7, 11) is 2.78. The number of likely N-dealkylation sites (tertiary alicyclic amines) is 1. The van der Waals surface area contributed by atoms with Crippen molar-refractivity contribution in [2.45, 2.75) is 57.0 Å². The number of methoxy groups -OCH3 is 2. The molecule has 0 aromatic heterocycles. The van der Waals surface area contributed by atoms with Crippen LogP contribution in [-0.4, -0.2) is 55.3 Å². The molecule has 3 rings (SSSR count). The van der Waals surface area contributed by atoms with Crippen LogP contribution >= 0.6 is 0 Å². The second kappa shape index (κ2) is 7.54. The molecule has 0 radical (unpaired) electrons. The van der Waals surface area contributed by atoms with Crippen LogP contribution in [0, 0.1) is 0 Å². The third-order valence-corrected chi connectivity index (χ3v) is 5.32. The summed E-state index contributed by atoms with van der Waals surface area (Å²) >= 11 is 0. The van der Waals surface area contributed by atoms with Gasteiger partial charge >= 0.3 is 11.9 Å². The lowest BCUT2D eigenvalue weighted by Crippen LogP contribution is -2.49. The zero-order valence-corrected chi connectivity index (χ0v) is 14.9. The van der Waals surface area contributed by atoms with Crippen LogP contribution in [-0.2, 0) is 25.5 Å². The van der Waals surface area contributed by atoms with Crippen molar-refractivity contribution in [3.8, 4) is 0 Å². The number of esters is 2. The standard InChI is InChI=1S/C19H25NO5/c1-12-8-9-16-15(10-17(25-16)19(22)24-3)20(12)11-13-6-4-5-7-14(13)18(21)23-2/h4-7,12,15-17H,8-11H2,1-3H3/t12-,15-,16+,17+/m1/s1. The van der Waals surface area contributed by atoms with Gasteiger partial charge in [0.1, 0.15) is 0 Å². The molecule has 0 bridgehead atoms. The largest absolute Gasteiger partial charge is 0.467 e. The monoisotopic (exact) mass is 347 g/mol. The molecule has 2 heterocycles. The van der Waals surface area contributed by atoms with Crippen molar-refractivity contribution < 1.29 is 23.8 Å². The summed E-state index contributed by atoms with van der Waals surface area (Å²) in [6.45, 7) is 2.81. The quantitative estimate of drug-likeness (QED) is 0.778. The van der Waals surface area contributed by atoms with Crippen molar-refractivity contribution in [2.24, 2.45) is 0 Å². The number of fused-ring (bicyclic) bond motifs is 1. The molecule has 2 aliphatic rings. The molecule has 2 aliphatic heterocycles. The number of nitrogens with zero attached hydrogens (tertiary/aromatic N) is 1. The number of ether oxygens (including phenoxy) is 3. The van der Waals surface area contributed by atoms with Gasteiger partial charge in [-0.3, -0.25) is 4.90 Å². The Kier molecular flexibility index (Phi) is 5.39. The molecule has 4 atom stereocenters. The predicted molar refractivity (Wildman–Crippen MR) is 91.1 cm³/mol. The Bertz CT molecular complexity index is 646. The maximum Gasteiger partial charge on any atom is 0.338 e. The Morgan fingerprint density at radius 3 is 2.68 bits per heavy atom. The van der Waals surface area contributed by atoms with E-state index in [4.69, 9.17) is 14.2 Å². The van der Waals surface area contributed by atoms with Gasteiger partial charge in [-0.15, -0.1) is 0 Å². The van der Waals surface area contributed by atoms with E-state index >= 15 is 0 Å². The summed E-state index contributed by atoms with van der Waals surface area (Å²) in [6.07, 6.45) is 2.10. The summed E-state index contributed by atoms with van der Waals surface area (Å²) in [6, 6.07) is 8.01. The Labute approximate surface area is 148 Å². The average molecular weight is 347 g/mol. The van der Waals surface area contributed by atoms with E-state index in [2.05, 4.69) is 11.8 Å². The lowest BCUT2D eigenvalue weighted by molar-refractivity contribution is -0.153. The first-order chi connectivity index (χ1) is 12.0. The van der Waals surface area contributed by atoms with Gasteiger partial charge in [0.15, 0.2) is 6.10 Å². The molecule has 0 spiro atoms. The van der Waals surface area contributed by atoms with Crippen molar-refractivity contribution in [2.75, 3.05) is 14.2 Å². The highest BCUT2D eigenvalue weighted by molar-refractivity contribution is 5.90. The van der Waals surface area contributed by atoms with Gasteiger partial charge in [0.05, 0.1) is 25.9 Å². The normalized spacial score (nSPS) is 29.1. The van der Waals surface area contributed by atoms with Gasteiger partial charge < -0.3 is 14.2 Å². The van der Waals surface area contributed by atoms with Crippen LogP contribution in [0.5, 0.6) is 0 Å². The topological polar surface area (TPSA) is 65.1 Å². The Hall–Kier alpha value is -1.92. The van der Waals surface area contributed by atoms with Crippen molar-refractivity contribution in [3.63, 3.8) is 0 Å². The number of carbonyl (C=O) groups excluding carboxylic acids is 2. The van der Waals surface area contributed by atoms with E-state index in [0.29, 0.717) is 24.6 Å². The average Bonchev–Trinajstić information content (AvgIpc) is 3.07. The number of rotatable bonds is 4. The molecule has 25 heavy (non-hydrogen) atoms. The summed E-state index contributed by atoms with van der Waals surface area (Å²) in [5.74, 6) is -0.635. The van der Waals surface area contributed by atoms with Crippen LogP contribution in [0.3, 0.4) is 0 Å². The molecule has 1 aromatic carbocycles. The predicted octanol–water partition coefficient (Wildman–Crippen LogP) is 2.16. The van der Waals surface area contributed by atoms with Crippen LogP contribution in [0.4, 0.5) is 0 Å². The third-order valence-electron chi connectivity index (χ3n) is 5.32. The van der Waals surface area contributed by atoms with Gasteiger partial charge in [0.25, 0.3) is 0 Å². The van der Waals surface area contributed by atoms with Crippen molar-refractivity contribution in [1.82, 2.24) is 4.90 Å². The minimum Gasteiger partial charge on any atom is -0.467 e. The molecular formula is C19H25NO5. The molecular weight excluding hydrogens is 322 g/mol. The molecule has 0 saturated carbocycles. The van der Waals surface area contributed by atoms with Gasteiger partial charge in [-0.2, -0.15) is 0 Å². The number of piperidine rings is 1. The van der Waals surface area contributed by atoms with Crippen molar-refractivity contribution >= 4 is 11.9 Å². The molecule has 0 aliphatic carbocycles. The lowest BCUT2D eigenvalue weighted by Gasteiger charge is -2.41. The number of hydrogen-bond acceptors (Lipinski definition) is 6. The van der Waals surface area contributed by atoms with Crippen LogP contribution in [0.2, 0.25) is 0 Å². The first kappa shape index (κ1) is 17.9. The molecule has 136 valence electrons. The fourth-order valence-corrected chi connectivity index (χ4v) is 3.96. The van der Waals surface area contributed by atoms with Crippen LogP contribution in [0.1, 0.15) is 42.1 Å². The highest BCUT2D eigenvalue weighted by atomic mass is 16.6. The molecule has 0 amide bonds. The Morgan fingerprint density at radius 2 is 1.96 bits per heavy atom. The van der Waals surface area contributed by atoms with Crippen molar-refractivity contribution in [1.29, 1.82) is 0 Å². The van der Waals surface area contributed by atoms with Gasteiger partial charge in [-0.05, 0) is 31.4 Å². The van der Waals surface area contributed by atoms with Crippen LogP contribution in [0.15, 0.2) is 24.3 Å². The maximum atomic E-state index is 12.0. The zero-order chi connectivity index (χ0) is 18.0. The first-order valence-electron chi connectivity index (χ1n) is 8.70. The third kappa shape index (κ3) is 3.55. The van der Waals surface area contributed by atoms with E-state index in [9.17, 15) is 9.59 Å². The highest BCUT2D eigenvalue weighted by Gasteiger charge is 2.46. The highest BCUT2D eigenvalue weighted by Crippen LogP contribution is 2.36. The minimum atomic E-state index is -0.497. The number of hydrogen-bond donors (Lipinski definition) is 0. The van der Waals surface area contributed by atoms with Gasteiger partial charge in [0.2, 0.25) is 0 Å². The second-order valence-electron chi connectivity index (χ2n) is 6.74. The molecule has 2 fully saturated rings.